The van der Waals surface area contributed by atoms with Crippen molar-refractivity contribution in [3.63, 3.8) is 0 Å². The van der Waals surface area contributed by atoms with Gasteiger partial charge in [-0.25, -0.2) is 8.37 Å². The van der Waals surface area contributed by atoms with Gasteiger partial charge < -0.3 is 5.11 Å². The third-order valence-corrected chi connectivity index (χ3v) is 3.33. The first kappa shape index (κ1) is 14.5. The molecule has 0 spiro atoms. The molecule has 0 aliphatic carbocycles. The minimum atomic E-state index is -4.05. The highest BCUT2D eigenvalue weighted by Crippen LogP contribution is 2.12. The highest BCUT2D eigenvalue weighted by Gasteiger charge is 2.12. The molecular weight excluding hydrogens is 280 g/mol. The number of hydrogen-bond acceptors (Lipinski definition) is 5. The van der Waals surface area contributed by atoms with E-state index in [0.717, 1.165) is 5.56 Å². The SMILES string of the molecule is O=S(=O)(OCc1ccccc1)OCc1ccc(O)cc1. The molecule has 0 amide bonds. The van der Waals surface area contributed by atoms with Crippen LogP contribution in [0.2, 0.25) is 0 Å². The minimum absolute atomic E-state index is 0.0707. The van der Waals surface area contributed by atoms with Crippen LogP contribution in [0.3, 0.4) is 0 Å². The molecule has 0 aliphatic rings. The maximum absolute atomic E-state index is 11.6. The predicted octanol–water partition coefficient (Wildman–Crippen LogP) is 2.37. The van der Waals surface area contributed by atoms with E-state index in [2.05, 4.69) is 0 Å². The van der Waals surface area contributed by atoms with Crippen LogP contribution in [0.1, 0.15) is 11.1 Å². The average molecular weight is 294 g/mol. The highest BCUT2D eigenvalue weighted by atomic mass is 32.3. The van der Waals surface area contributed by atoms with Gasteiger partial charge in [-0.3, -0.25) is 0 Å². The lowest BCUT2D eigenvalue weighted by atomic mass is 10.2. The largest absolute Gasteiger partial charge is 0.508 e. The van der Waals surface area contributed by atoms with Crippen LogP contribution in [-0.4, -0.2) is 13.5 Å². The molecule has 2 rings (SSSR count). The van der Waals surface area contributed by atoms with E-state index in [0.29, 0.717) is 5.56 Å². The highest BCUT2D eigenvalue weighted by molar-refractivity contribution is 7.81. The molecule has 5 nitrogen and oxygen atoms in total. The number of aromatic hydroxyl groups is 1. The van der Waals surface area contributed by atoms with Crippen molar-refractivity contribution in [1.82, 2.24) is 0 Å². The van der Waals surface area contributed by atoms with E-state index in [1.54, 1.807) is 36.4 Å². The van der Waals surface area contributed by atoms with Crippen LogP contribution in [0.15, 0.2) is 54.6 Å². The molecule has 6 heteroatoms. The zero-order valence-corrected chi connectivity index (χ0v) is 11.4. The predicted molar refractivity (Wildman–Crippen MR) is 73.0 cm³/mol. The Hall–Kier alpha value is -1.89. The van der Waals surface area contributed by atoms with Crippen molar-refractivity contribution in [3.05, 3.63) is 65.7 Å². The minimum Gasteiger partial charge on any atom is -0.508 e. The molecule has 0 atom stereocenters. The number of rotatable bonds is 6. The summed E-state index contributed by atoms with van der Waals surface area (Å²) in [4.78, 5) is 0. The molecular formula is C14H14O5S. The summed E-state index contributed by atoms with van der Waals surface area (Å²) in [5, 5.41) is 9.11. The molecule has 0 heterocycles. The van der Waals surface area contributed by atoms with Crippen molar-refractivity contribution in [2.45, 2.75) is 13.2 Å². The van der Waals surface area contributed by atoms with E-state index in [4.69, 9.17) is 13.5 Å². The zero-order chi connectivity index (χ0) is 14.4. The normalized spacial score (nSPS) is 11.4. The first-order chi connectivity index (χ1) is 9.55. The maximum Gasteiger partial charge on any atom is 0.400 e. The molecule has 0 saturated carbocycles. The van der Waals surface area contributed by atoms with E-state index in [-0.39, 0.29) is 19.0 Å². The lowest BCUT2D eigenvalue weighted by molar-refractivity contribution is 0.202. The third-order valence-electron chi connectivity index (χ3n) is 2.52. The Kier molecular flexibility index (Phi) is 4.73. The summed E-state index contributed by atoms with van der Waals surface area (Å²) in [6.07, 6.45) is 0. The van der Waals surface area contributed by atoms with Crippen molar-refractivity contribution in [2.24, 2.45) is 0 Å². The van der Waals surface area contributed by atoms with Gasteiger partial charge in [0.05, 0.1) is 13.2 Å². The lowest BCUT2D eigenvalue weighted by Gasteiger charge is -2.06. The molecule has 1 N–H and O–H groups in total. The van der Waals surface area contributed by atoms with Gasteiger partial charge >= 0.3 is 10.4 Å². The van der Waals surface area contributed by atoms with Gasteiger partial charge in [0.25, 0.3) is 0 Å². The number of benzene rings is 2. The average Bonchev–Trinajstić information content (AvgIpc) is 2.46. The van der Waals surface area contributed by atoms with E-state index in [9.17, 15) is 8.42 Å². The maximum atomic E-state index is 11.6. The van der Waals surface area contributed by atoms with Crippen molar-refractivity contribution in [3.8, 4) is 5.75 Å². The second kappa shape index (κ2) is 6.51. The van der Waals surface area contributed by atoms with Crippen LogP contribution in [0.25, 0.3) is 0 Å². The van der Waals surface area contributed by atoms with Crippen LogP contribution >= 0.6 is 0 Å². The summed E-state index contributed by atoms with van der Waals surface area (Å²) in [6.45, 7) is -0.212. The quantitative estimate of drug-likeness (QED) is 0.885. The van der Waals surface area contributed by atoms with Gasteiger partial charge in [-0.1, -0.05) is 42.5 Å². The van der Waals surface area contributed by atoms with Gasteiger partial charge in [-0.15, -0.1) is 0 Å². The van der Waals surface area contributed by atoms with Crippen LogP contribution < -0.4 is 0 Å². The van der Waals surface area contributed by atoms with Gasteiger partial charge in [-0.05, 0) is 23.3 Å². The molecule has 20 heavy (non-hydrogen) atoms. The summed E-state index contributed by atoms with van der Waals surface area (Å²) >= 11 is 0. The van der Waals surface area contributed by atoms with E-state index >= 15 is 0 Å². The summed E-state index contributed by atoms with van der Waals surface area (Å²) in [5.74, 6) is 0.108. The van der Waals surface area contributed by atoms with Gasteiger partial charge in [0, 0.05) is 0 Å². The fourth-order valence-electron chi connectivity index (χ4n) is 1.48. The Balaban J connectivity index is 1.86. The van der Waals surface area contributed by atoms with Crippen LogP contribution in [0.5, 0.6) is 5.75 Å². The topological polar surface area (TPSA) is 72.8 Å². The Labute approximate surface area is 117 Å². The fraction of sp³-hybridized carbons (Fsp3) is 0.143. The van der Waals surface area contributed by atoms with Crippen molar-refractivity contribution in [1.29, 1.82) is 0 Å². The molecule has 0 radical (unpaired) electrons. The molecule has 2 aromatic carbocycles. The molecule has 0 fully saturated rings. The van der Waals surface area contributed by atoms with Gasteiger partial charge in [0.2, 0.25) is 0 Å². The summed E-state index contributed by atoms with van der Waals surface area (Å²) in [7, 11) is -4.05. The Morgan fingerprint density at radius 1 is 0.800 bits per heavy atom. The van der Waals surface area contributed by atoms with E-state index in [1.807, 2.05) is 6.07 Å². The first-order valence-corrected chi connectivity index (χ1v) is 7.24. The molecule has 106 valence electrons. The fourth-order valence-corrected chi connectivity index (χ4v) is 2.11. The Morgan fingerprint density at radius 3 is 1.85 bits per heavy atom. The Morgan fingerprint density at radius 2 is 1.30 bits per heavy atom. The number of phenolic OH excluding ortho intramolecular Hbond substituents is 1. The Bertz CT molecular complexity index is 635. The second-order valence-corrected chi connectivity index (χ2v) is 5.37. The van der Waals surface area contributed by atoms with Crippen LogP contribution in [-0.2, 0) is 32.0 Å². The summed E-state index contributed by atoms with van der Waals surface area (Å²) in [6, 6.07) is 15.0. The number of phenols is 1. The molecule has 0 aliphatic heterocycles. The van der Waals surface area contributed by atoms with Crippen molar-refractivity contribution >= 4 is 10.4 Å². The van der Waals surface area contributed by atoms with Crippen LogP contribution in [0.4, 0.5) is 0 Å². The molecule has 0 saturated heterocycles. The van der Waals surface area contributed by atoms with Crippen molar-refractivity contribution < 1.29 is 21.9 Å². The van der Waals surface area contributed by atoms with Crippen LogP contribution in [0, 0.1) is 0 Å². The van der Waals surface area contributed by atoms with E-state index in [1.165, 1.54) is 12.1 Å². The summed E-state index contributed by atoms with van der Waals surface area (Å²) < 4.78 is 32.6. The number of hydrogen-bond donors (Lipinski definition) is 1. The first-order valence-electron chi connectivity index (χ1n) is 5.91. The van der Waals surface area contributed by atoms with Gasteiger partial charge in [0.15, 0.2) is 0 Å². The summed E-state index contributed by atoms with van der Waals surface area (Å²) in [5.41, 5.74) is 1.36. The smallest absolute Gasteiger partial charge is 0.400 e. The molecule has 0 aromatic heterocycles. The van der Waals surface area contributed by atoms with E-state index < -0.39 is 10.4 Å². The standard InChI is InChI=1S/C14H14O5S/c15-14-8-6-13(7-9-14)11-19-20(16,17)18-10-12-4-2-1-3-5-12/h1-9,15H,10-11H2. The second-order valence-electron chi connectivity index (χ2n) is 4.08. The lowest BCUT2D eigenvalue weighted by Crippen LogP contribution is -2.10. The monoisotopic (exact) mass is 294 g/mol. The van der Waals surface area contributed by atoms with Gasteiger partial charge in [-0.2, -0.15) is 8.42 Å². The zero-order valence-electron chi connectivity index (χ0n) is 10.6. The van der Waals surface area contributed by atoms with Gasteiger partial charge in [0.1, 0.15) is 5.75 Å². The molecule has 2 aromatic rings. The molecule has 0 unspecified atom stereocenters. The third kappa shape index (κ3) is 4.65. The van der Waals surface area contributed by atoms with Crippen molar-refractivity contribution in [2.75, 3.05) is 0 Å². The molecule has 0 bridgehead atoms.